The van der Waals surface area contributed by atoms with Gasteiger partial charge in [0.2, 0.25) is 0 Å². The first-order valence-corrected chi connectivity index (χ1v) is 7.06. The van der Waals surface area contributed by atoms with Crippen LogP contribution in [0.5, 0.6) is 0 Å². The van der Waals surface area contributed by atoms with E-state index in [9.17, 15) is 0 Å². The standard InChI is InChI=1S/C15H17ClN2O/c16-13-8-12-2-1-5-17-15(12)14(9-13)18-10-11-3-6-19-7-4-11/h1-2,5,8-9,11,18H,3-4,6-7,10H2. The molecule has 1 aromatic carbocycles. The monoisotopic (exact) mass is 276 g/mol. The van der Waals surface area contributed by atoms with Crippen molar-refractivity contribution < 1.29 is 4.74 Å². The molecule has 0 saturated carbocycles. The van der Waals surface area contributed by atoms with Crippen molar-refractivity contribution in [2.45, 2.75) is 12.8 Å². The minimum Gasteiger partial charge on any atom is -0.383 e. The van der Waals surface area contributed by atoms with Crippen molar-refractivity contribution in [2.75, 3.05) is 25.1 Å². The van der Waals surface area contributed by atoms with Crippen LogP contribution in [-0.4, -0.2) is 24.7 Å². The Labute approximate surface area is 117 Å². The molecule has 0 aliphatic carbocycles. The first kappa shape index (κ1) is 12.7. The largest absolute Gasteiger partial charge is 0.383 e. The van der Waals surface area contributed by atoms with Crippen LogP contribution in [-0.2, 0) is 4.74 Å². The van der Waals surface area contributed by atoms with Crippen molar-refractivity contribution in [1.29, 1.82) is 0 Å². The summed E-state index contributed by atoms with van der Waals surface area (Å²) in [5, 5.41) is 5.31. The maximum Gasteiger partial charge on any atom is 0.0934 e. The van der Waals surface area contributed by atoms with Crippen molar-refractivity contribution >= 4 is 28.2 Å². The summed E-state index contributed by atoms with van der Waals surface area (Å²) >= 11 is 6.16. The lowest BCUT2D eigenvalue weighted by Gasteiger charge is -2.23. The molecule has 0 amide bonds. The highest BCUT2D eigenvalue weighted by molar-refractivity contribution is 6.31. The molecule has 0 bridgehead atoms. The smallest absolute Gasteiger partial charge is 0.0934 e. The molecule has 1 N–H and O–H groups in total. The molecule has 1 fully saturated rings. The number of ether oxygens (including phenoxy) is 1. The summed E-state index contributed by atoms with van der Waals surface area (Å²) in [6.07, 6.45) is 4.06. The number of hydrogen-bond acceptors (Lipinski definition) is 3. The molecule has 4 heteroatoms. The molecule has 1 aliphatic heterocycles. The van der Waals surface area contributed by atoms with Crippen LogP contribution >= 0.6 is 11.6 Å². The summed E-state index contributed by atoms with van der Waals surface area (Å²) in [4.78, 5) is 4.44. The molecule has 0 atom stereocenters. The summed E-state index contributed by atoms with van der Waals surface area (Å²) in [5.74, 6) is 0.673. The summed E-state index contributed by atoms with van der Waals surface area (Å²) < 4.78 is 5.38. The predicted octanol–water partition coefficient (Wildman–Crippen LogP) is 3.73. The van der Waals surface area contributed by atoms with Gasteiger partial charge in [-0.25, -0.2) is 0 Å². The van der Waals surface area contributed by atoms with Gasteiger partial charge in [0.1, 0.15) is 0 Å². The molecule has 2 heterocycles. The average Bonchev–Trinajstić information content (AvgIpc) is 2.45. The number of rotatable bonds is 3. The van der Waals surface area contributed by atoms with Crippen LogP contribution in [0.15, 0.2) is 30.5 Å². The number of nitrogens with zero attached hydrogens (tertiary/aromatic N) is 1. The number of anilines is 1. The molecular formula is C15H17ClN2O. The average molecular weight is 277 g/mol. The van der Waals surface area contributed by atoms with Gasteiger partial charge in [-0.2, -0.15) is 0 Å². The second-order valence-corrected chi connectivity index (χ2v) is 5.40. The SMILES string of the molecule is Clc1cc(NCC2CCOCC2)c2ncccc2c1. The topological polar surface area (TPSA) is 34.1 Å². The van der Waals surface area contributed by atoms with E-state index in [1.54, 1.807) is 0 Å². The second-order valence-electron chi connectivity index (χ2n) is 4.97. The second kappa shape index (κ2) is 5.76. The molecular weight excluding hydrogens is 260 g/mol. The van der Waals surface area contributed by atoms with Crippen molar-refractivity contribution in [3.05, 3.63) is 35.5 Å². The summed E-state index contributed by atoms with van der Waals surface area (Å²) in [6.45, 7) is 2.71. The Morgan fingerprint density at radius 1 is 1.32 bits per heavy atom. The van der Waals surface area contributed by atoms with E-state index in [-0.39, 0.29) is 0 Å². The lowest BCUT2D eigenvalue weighted by molar-refractivity contribution is 0.0699. The lowest BCUT2D eigenvalue weighted by Crippen LogP contribution is -2.22. The van der Waals surface area contributed by atoms with E-state index in [4.69, 9.17) is 16.3 Å². The normalized spacial score (nSPS) is 16.7. The van der Waals surface area contributed by atoms with E-state index in [1.165, 1.54) is 0 Å². The quantitative estimate of drug-likeness (QED) is 0.928. The molecule has 100 valence electrons. The van der Waals surface area contributed by atoms with Crippen LogP contribution in [0.1, 0.15) is 12.8 Å². The van der Waals surface area contributed by atoms with Crippen molar-refractivity contribution in [3.63, 3.8) is 0 Å². The number of halogens is 1. The van der Waals surface area contributed by atoms with Gasteiger partial charge in [0.25, 0.3) is 0 Å². The molecule has 0 unspecified atom stereocenters. The first-order chi connectivity index (χ1) is 9.33. The maximum absolute atomic E-state index is 6.16. The van der Waals surface area contributed by atoms with Crippen molar-refractivity contribution in [2.24, 2.45) is 5.92 Å². The molecule has 1 aliphatic rings. The Bertz CT molecular complexity index is 567. The van der Waals surface area contributed by atoms with Crippen LogP contribution in [0.2, 0.25) is 5.02 Å². The third kappa shape index (κ3) is 2.99. The van der Waals surface area contributed by atoms with Crippen LogP contribution in [0.25, 0.3) is 10.9 Å². The van der Waals surface area contributed by atoms with Crippen LogP contribution in [0, 0.1) is 5.92 Å². The summed E-state index contributed by atoms with van der Waals surface area (Å²) in [5.41, 5.74) is 2.01. The van der Waals surface area contributed by atoms with E-state index in [2.05, 4.69) is 10.3 Å². The lowest BCUT2D eigenvalue weighted by atomic mass is 10.0. The van der Waals surface area contributed by atoms with Crippen LogP contribution in [0.4, 0.5) is 5.69 Å². The number of pyridine rings is 1. The Morgan fingerprint density at radius 3 is 3.00 bits per heavy atom. The van der Waals surface area contributed by atoms with Crippen LogP contribution < -0.4 is 5.32 Å². The molecule has 1 aromatic heterocycles. The highest BCUT2D eigenvalue weighted by atomic mass is 35.5. The fourth-order valence-electron chi connectivity index (χ4n) is 2.50. The van der Waals surface area contributed by atoms with Gasteiger partial charge in [-0.3, -0.25) is 4.98 Å². The van der Waals surface area contributed by atoms with E-state index < -0.39 is 0 Å². The van der Waals surface area contributed by atoms with E-state index >= 15 is 0 Å². The van der Waals surface area contributed by atoms with Crippen LogP contribution in [0.3, 0.4) is 0 Å². The van der Waals surface area contributed by atoms with Gasteiger partial charge in [-0.05, 0) is 37.0 Å². The summed E-state index contributed by atoms with van der Waals surface area (Å²) in [6, 6.07) is 7.87. The van der Waals surface area contributed by atoms with E-state index in [1.807, 2.05) is 30.5 Å². The number of benzene rings is 1. The first-order valence-electron chi connectivity index (χ1n) is 6.69. The fraction of sp³-hybridized carbons (Fsp3) is 0.400. The molecule has 1 saturated heterocycles. The third-order valence-electron chi connectivity index (χ3n) is 3.59. The van der Waals surface area contributed by atoms with Gasteiger partial charge >= 0.3 is 0 Å². The molecule has 0 spiro atoms. The predicted molar refractivity (Wildman–Crippen MR) is 78.8 cm³/mol. The van der Waals surface area contributed by atoms with Gasteiger partial charge in [0, 0.05) is 36.4 Å². The highest BCUT2D eigenvalue weighted by Gasteiger charge is 2.14. The number of aromatic nitrogens is 1. The van der Waals surface area contributed by atoms with Gasteiger partial charge in [-0.15, -0.1) is 0 Å². The van der Waals surface area contributed by atoms with Gasteiger partial charge in [0.05, 0.1) is 11.2 Å². The fourth-order valence-corrected chi connectivity index (χ4v) is 2.72. The van der Waals surface area contributed by atoms with E-state index in [0.29, 0.717) is 5.92 Å². The van der Waals surface area contributed by atoms with Gasteiger partial charge in [-0.1, -0.05) is 17.7 Å². The number of nitrogens with one attached hydrogen (secondary N) is 1. The number of hydrogen-bond donors (Lipinski definition) is 1. The van der Waals surface area contributed by atoms with Gasteiger partial charge < -0.3 is 10.1 Å². The molecule has 2 aromatic rings. The Kier molecular flexibility index (Phi) is 3.85. The summed E-state index contributed by atoms with van der Waals surface area (Å²) in [7, 11) is 0. The minimum atomic E-state index is 0.673. The van der Waals surface area contributed by atoms with E-state index in [0.717, 1.165) is 54.2 Å². The minimum absolute atomic E-state index is 0.673. The molecule has 3 rings (SSSR count). The molecule has 3 nitrogen and oxygen atoms in total. The Morgan fingerprint density at radius 2 is 2.16 bits per heavy atom. The third-order valence-corrected chi connectivity index (χ3v) is 3.81. The zero-order valence-corrected chi connectivity index (χ0v) is 11.5. The molecule has 0 radical (unpaired) electrons. The molecule has 19 heavy (non-hydrogen) atoms. The Balaban J connectivity index is 1.79. The maximum atomic E-state index is 6.16. The highest BCUT2D eigenvalue weighted by Crippen LogP contribution is 2.27. The van der Waals surface area contributed by atoms with Gasteiger partial charge in [0.15, 0.2) is 0 Å². The Hall–Kier alpha value is -1.32. The van der Waals surface area contributed by atoms with Crippen molar-refractivity contribution in [3.8, 4) is 0 Å². The zero-order valence-electron chi connectivity index (χ0n) is 10.7. The van der Waals surface area contributed by atoms with Crippen molar-refractivity contribution in [1.82, 2.24) is 4.98 Å². The zero-order chi connectivity index (χ0) is 13.1. The number of fused-ring (bicyclic) bond motifs is 1.